The highest BCUT2D eigenvalue weighted by Crippen LogP contribution is 2.38. The standard InChI is InChI=1S/C15H16N4O5S/c16-14(24)18-15(13(22)23)6-19-11(21)9(12(19)25-7-15)17-10(20)8-4-2-1-3-5-8/h1-5,9,12H,6-7H2,(H,17,20)(H,22,23)(H3,16,18,24)/t9?,12-,15?/m1/s1. The number of hydrogen-bond donors (Lipinski definition) is 4. The van der Waals surface area contributed by atoms with Gasteiger partial charge in [0.1, 0.15) is 11.4 Å². The normalized spacial score (nSPS) is 27.7. The number of carboxylic acid groups (broad SMARTS) is 1. The number of β-lactam (4-membered cyclic amide) rings is 1. The fourth-order valence-corrected chi connectivity index (χ4v) is 4.36. The average Bonchev–Trinajstić information content (AvgIpc) is 2.59. The molecule has 0 spiro atoms. The van der Waals surface area contributed by atoms with Crippen molar-refractivity contribution in [2.45, 2.75) is 17.0 Å². The SMILES string of the molecule is NC(=O)NC1(C(=O)O)CS[C@@H]2C(NC(=O)c3ccccc3)C(=O)N2C1. The Balaban J connectivity index is 1.69. The van der Waals surface area contributed by atoms with Crippen LogP contribution in [0.2, 0.25) is 0 Å². The van der Waals surface area contributed by atoms with E-state index in [-0.39, 0.29) is 23.6 Å². The average molecular weight is 364 g/mol. The molecular formula is C15H16N4O5S. The second-order valence-electron chi connectivity index (χ2n) is 5.86. The molecule has 2 fully saturated rings. The van der Waals surface area contributed by atoms with Gasteiger partial charge in [-0.3, -0.25) is 9.59 Å². The minimum absolute atomic E-state index is 0.0391. The van der Waals surface area contributed by atoms with Crippen LogP contribution in [0.4, 0.5) is 4.79 Å². The quantitative estimate of drug-likeness (QED) is 0.515. The van der Waals surface area contributed by atoms with Crippen molar-refractivity contribution < 1.29 is 24.3 Å². The van der Waals surface area contributed by atoms with Gasteiger partial charge in [-0.1, -0.05) is 18.2 Å². The molecule has 0 aliphatic carbocycles. The second kappa shape index (κ2) is 6.28. The molecule has 132 valence electrons. The van der Waals surface area contributed by atoms with E-state index >= 15 is 0 Å². The van der Waals surface area contributed by atoms with Crippen LogP contribution in [0.25, 0.3) is 0 Å². The predicted molar refractivity (Wildman–Crippen MR) is 88.7 cm³/mol. The summed E-state index contributed by atoms with van der Waals surface area (Å²) in [4.78, 5) is 48.5. The van der Waals surface area contributed by atoms with E-state index in [9.17, 15) is 24.3 Å². The van der Waals surface area contributed by atoms with Crippen LogP contribution in [0.1, 0.15) is 10.4 Å². The third-order valence-electron chi connectivity index (χ3n) is 4.18. The number of benzene rings is 1. The molecule has 2 unspecified atom stereocenters. The number of carbonyl (C=O) groups excluding carboxylic acids is 3. The predicted octanol–water partition coefficient (Wildman–Crippen LogP) is -0.808. The number of thioether (sulfide) groups is 1. The largest absolute Gasteiger partial charge is 0.479 e. The van der Waals surface area contributed by atoms with Gasteiger partial charge in [0.25, 0.3) is 5.91 Å². The molecule has 0 aromatic heterocycles. The van der Waals surface area contributed by atoms with Crippen molar-refractivity contribution in [3.05, 3.63) is 35.9 Å². The smallest absolute Gasteiger partial charge is 0.332 e. The molecule has 1 aromatic carbocycles. The van der Waals surface area contributed by atoms with E-state index < -0.39 is 29.5 Å². The molecule has 2 heterocycles. The molecule has 9 nitrogen and oxygen atoms in total. The van der Waals surface area contributed by atoms with Gasteiger partial charge >= 0.3 is 12.0 Å². The second-order valence-corrected chi connectivity index (χ2v) is 6.97. The fourth-order valence-electron chi connectivity index (χ4n) is 2.88. The van der Waals surface area contributed by atoms with Crippen LogP contribution in [-0.4, -0.2) is 63.1 Å². The maximum atomic E-state index is 12.3. The minimum Gasteiger partial charge on any atom is -0.479 e. The van der Waals surface area contributed by atoms with Crippen LogP contribution < -0.4 is 16.4 Å². The topological polar surface area (TPSA) is 142 Å². The first kappa shape index (κ1) is 17.1. The molecule has 25 heavy (non-hydrogen) atoms. The number of urea groups is 1. The number of fused-ring (bicyclic) bond motifs is 1. The molecule has 2 aliphatic rings. The van der Waals surface area contributed by atoms with Crippen molar-refractivity contribution in [3.63, 3.8) is 0 Å². The van der Waals surface area contributed by atoms with Crippen LogP contribution in [0.15, 0.2) is 30.3 Å². The van der Waals surface area contributed by atoms with Crippen molar-refractivity contribution in [1.82, 2.24) is 15.5 Å². The number of primary amides is 1. The van der Waals surface area contributed by atoms with Gasteiger partial charge in [-0.05, 0) is 12.1 Å². The van der Waals surface area contributed by atoms with Gasteiger partial charge in [0, 0.05) is 11.3 Å². The molecular weight excluding hydrogens is 348 g/mol. The van der Waals surface area contributed by atoms with Crippen LogP contribution in [0, 0.1) is 0 Å². The number of hydrogen-bond acceptors (Lipinski definition) is 5. The first-order valence-corrected chi connectivity index (χ1v) is 8.48. The number of nitrogens with one attached hydrogen (secondary N) is 2. The summed E-state index contributed by atoms with van der Waals surface area (Å²) < 4.78 is 0. The first-order valence-electron chi connectivity index (χ1n) is 7.43. The third-order valence-corrected chi connectivity index (χ3v) is 5.70. The van der Waals surface area contributed by atoms with Gasteiger partial charge in [0.2, 0.25) is 5.91 Å². The Kier molecular flexibility index (Phi) is 4.29. The Labute approximate surface area is 146 Å². The Morgan fingerprint density at radius 1 is 1.28 bits per heavy atom. The summed E-state index contributed by atoms with van der Waals surface area (Å²) in [6.45, 7) is -0.195. The number of carbonyl (C=O) groups is 4. The zero-order valence-electron chi connectivity index (χ0n) is 13.0. The fraction of sp³-hybridized carbons (Fsp3) is 0.333. The first-order chi connectivity index (χ1) is 11.8. The van der Waals surface area contributed by atoms with E-state index in [1.165, 1.54) is 16.7 Å². The highest BCUT2D eigenvalue weighted by Gasteiger charge is 2.58. The van der Waals surface area contributed by atoms with E-state index in [0.29, 0.717) is 5.56 Å². The van der Waals surface area contributed by atoms with Gasteiger partial charge in [-0.15, -0.1) is 11.8 Å². The molecule has 3 rings (SSSR count). The molecule has 0 radical (unpaired) electrons. The molecule has 3 atom stereocenters. The molecule has 4 amide bonds. The van der Waals surface area contributed by atoms with E-state index in [1.807, 2.05) is 0 Å². The van der Waals surface area contributed by atoms with Crippen molar-refractivity contribution in [1.29, 1.82) is 0 Å². The maximum Gasteiger partial charge on any atom is 0.332 e. The van der Waals surface area contributed by atoms with Crippen LogP contribution in [0.3, 0.4) is 0 Å². The Morgan fingerprint density at radius 3 is 2.56 bits per heavy atom. The summed E-state index contributed by atoms with van der Waals surface area (Å²) in [7, 11) is 0. The maximum absolute atomic E-state index is 12.3. The lowest BCUT2D eigenvalue weighted by molar-refractivity contribution is -0.153. The highest BCUT2D eigenvalue weighted by molar-refractivity contribution is 8.00. The monoisotopic (exact) mass is 364 g/mol. The molecule has 2 saturated heterocycles. The Hall–Kier alpha value is -2.75. The Morgan fingerprint density at radius 2 is 1.96 bits per heavy atom. The zero-order valence-corrected chi connectivity index (χ0v) is 13.8. The Bertz CT molecular complexity index is 743. The lowest BCUT2D eigenvalue weighted by atomic mass is 9.96. The highest BCUT2D eigenvalue weighted by atomic mass is 32.2. The van der Waals surface area contributed by atoms with E-state index in [4.69, 9.17) is 5.73 Å². The lowest BCUT2D eigenvalue weighted by Gasteiger charge is -2.53. The van der Waals surface area contributed by atoms with Crippen molar-refractivity contribution in [2.75, 3.05) is 12.3 Å². The summed E-state index contributed by atoms with van der Waals surface area (Å²) in [6, 6.07) is 6.79. The summed E-state index contributed by atoms with van der Waals surface area (Å²) in [5, 5.41) is 13.9. The van der Waals surface area contributed by atoms with E-state index in [0.717, 1.165) is 0 Å². The van der Waals surface area contributed by atoms with Crippen molar-refractivity contribution in [3.8, 4) is 0 Å². The van der Waals surface area contributed by atoms with Gasteiger partial charge in [-0.25, -0.2) is 9.59 Å². The molecule has 0 saturated carbocycles. The minimum atomic E-state index is -1.63. The van der Waals surface area contributed by atoms with Gasteiger partial charge in [0.05, 0.1) is 6.54 Å². The number of nitrogens with zero attached hydrogens (tertiary/aromatic N) is 1. The van der Waals surface area contributed by atoms with E-state index in [2.05, 4.69) is 10.6 Å². The lowest BCUT2D eigenvalue weighted by Crippen LogP contribution is -2.77. The van der Waals surface area contributed by atoms with Gasteiger partial charge < -0.3 is 26.4 Å². The molecule has 0 bridgehead atoms. The molecule has 10 heteroatoms. The van der Waals surface area contributed by atoms with Gasteiger partial charge in [0.15, 0.2) is 5.54 Å². The molecule has 1 aromatic rings. The number of nitrogens with two attached hydrogens (primary N) is 1. The summed E-state index contributed by atoms with van der Waals surface area (Å²) >= 11 is 1.18. The zero-order chi connectivity index (χ0) is 18.2. The van der Waals surface area contributed by atoms with Crippen LogP contribution in [-0.2, 0) is 9.59 Å². The third kappa shape index (κ3) is 3.00. The van der Waals surface area contributed by atoms with Crippen molar-refractivity contribution >= 4 is 35.6 Å². The number of rotatable bonds is 4. The summed E-state index contributed by atoms with van der Waals surface area (Å²) in [5.41, 5.74) is 3.86. The molecule has 2 aliphatic heterocycles. The van der Waals surface area contributed by atoms with Gasteiger partial charge in [-0.2, -0.15) is 0 Å². The molecule has 5 N–H and O–H groups in total. The summed E-state index contributed by atoms with van der Waals surface area (Å²) in [6.07, 6.45) is 0. The van der Waals surface area contributed by atoms with Crippen LogP contribution in [0.5, 0.6) is 0 Å². The summed E-state index contributed by atoms with van der Waals surface area (Å²) in [5.74, 6) is -1.98. The number of carboxylic acids is 1. The number of amides is 4. The van der Waals surface area contributed by atoms with Crippen LogP contribution >= 0.6 is 11.8 Å². The van der Waals surface area contributed by atoms with E-state index in [1.54, 1.807) is 30.3 Å². The number of aliphatic carboxylic acids is 1. The van der Waals surface area contributed by atoms with Crippen molar-refractivity contribution in [2.24, 2.45) is 5.73 Å².